The van der Waals surface area contributed by atoms with E-state index in [1.807, 2.05) is 0 Å². The monoisotopic (exact) mass is 276 g/mol. The molecule has 2 saturated carbocycles. The molecule has 1 N–H and O–H groups in total. The van der Waals surface area contributed by atoms with Gasteiger partial charge in [0.1, 0.15) is 0 Å². The summed E-state index contributed by atoms with van der Waals surface area (Å²) in [5.41, 5.74) is 0.599. The number of nitrogens with zero attached hydrogens (tertiary/aromatic N) is 2. The van der Waals surface area contributed by atoms with E-state index in [9.17, 15) is 14.7 Å². The smallest absolute Gasteiger partial charge is 0.356 e. The lowest BCUT2D eigenvalue weighted by molar-refractivity contribution is 0.0684. The highest BCUT2D eigenvalue weighted by Crippen LogP contribution is 2.35. The molecule has 108 valence electrons. The number of aromatic carboxylic acids is 1. The van der Waals surface area contributed by atoms with Crippen LogP contribution in [0.4, 0.5) is 0 Å². The molecule has 5 heteroatoms. The van der Waals surface area contributed by atoms with Crippen molar-refractivity contribution in [3.63, 3.8) is 0 Å². The topological polar surface area (TPSA) is 72.2 Å². The molecule has 3 rings (SSSR count). The molecule has 20 heavy (non-hydrogen) atoms. The maximum absolute atomic E-state index is 12.3. The number of carboxylic acid groups (broad SMARTS) is 1. The molecule has 0 aliphatic heterocycles. The number of carboxylic acids is 1. The highest BCUT2D eigenvalue weighted by atomic mass is 16.4. The molecule has 1 heterocycles. The Hall–Kier alpha value is -1.65. The average Bonchev–Trinajstić information content (AvgIpc) is 3.11. The van der Waals surface area contributed by atoms with Gasteiger partial charge in [-0.05, 0) is 37.2 Å². The highest BCUT2D eigenvalue weighted by molar-refractivity contribution is 5.87. The molecule has 0 amide bonds. The van der Waals surface area contributed by atoms with E-state index in [1.54, 1.807) is 0 Å². The van der Waals surface area contributed by atoms with Gasteiger partial charge in [0, 0.05) is 6.07 Å². The van der Waals surface area contributed by atoms with Crippen molar-refractivity contribution in [1.82, 2.24) is 9.78 Å². The minimum atomic E-state index is -1.02. The lowest BCUT2D eigenvalue weighted by Gasteiger charge is -2.17. The van der Waals surface area contributed by atoms with Crippen LogP contribution >= 0.6 is 0 Å². The van der Waals surface area contributed by atoms with Crippen molar-refractivity contribution in [2.45, 2.75) is 63.3 Å². The van der Waals surface area contributed by atoms with Crippen molar-refractivity contribution in [3.05, 3.63) is 27.7 Å². The van der Waals surface area contributed by atoms with Gasteiger partial charge in [0.25, 0.3) is 5.56 Å². The first-order chi connectivity index (χ1) is 9.66. The van der Waals surface area contributed by atoms with Crippen LogP contribution in [0.25, 0.3) is 0 Å². The standard InChI is InChI=1S/C15H20N2O3/c18-13-9-12(10-5-1-2-6-10)14(15(19)20)16-17(13)11-7-3-4-8-11/h9-11H,1-8H2,(H,19,20). The Morgan fingerprint density at radius 2 is 1.75 bits per heavy atom. The van der Waals surface area contributed by atoms with Crippen LogP contribution in [0.15, 0.2) is 10.9 Å². The molecule has 0 atom stereocenters. The van der Waals surface area contributed by atoms with Crippen LogP contribution in [0.1, 0.15) is 79.4 Å². The lowest BCUT2D eigenvalue weighted by Crippen LogP contribution is -2.29. The van der Waals surface area contributed by atoms with Gasteiger partial charge in [-0.3, -0.25) is 4.79 Å². The fraction of sp³-hybridized carbons (Fsp3) is 0.667. The van der Waals surface area contributed by atoms with Crippen molar-refractivity contribution in [1.29, 1.82) is 0 Å². The summed E-state index contributed by atoms with van der Waals surface area (Å²) in [6, 6.07) is 1.61. The van der Waals surface area contributed by atoms with E-state index in [-0.39, 0.29) is 23.2 Å². The number of aromatic nitrogens is 2. The van der Waals surface area contributed by atoms with Gasteiger partial charge >= 0.3 is 5.97 Å². The molecule has 0 radical (unpaired) electrons. The predicted octanol–water partition coefficient (Wildman–Crippen LogP) is 2.71. The fourth-order valence-corrected chi connectivity index (χ4v) is 3.61. The van der Waals surface area contributed by atoms with E-state index in [0.717, 1.165) is 51.4 Å². The Bertz CT molecular complexity index is 567. The van der Waals surface area contributed by atoms with Gasteiger partial charge in [-0.2, -0.15) is 5.10 Å². The minimum absolute atomic E-state index is 0.0817. The summed E-state index contributed by atoms with van der Waals surface area (Å²) >= 11 is 0. The molecule has 0 aromatic carbocycles. The van der Waals surface area contributed by atoms with Crippen molar-refractivity contribution in [2.75, 3.05) is 0 Å². The van der Waals surface area contributed by atoms with Crippen LogP contribution < -0.4 is 5.56 Å². The van der Waals surface area contributed by atoms with Crippen molar-refractivity contribution < 1.29 is 9.90 Å². The maximum Gasteiger partial charge on any atom is 0.356 e. The first kappa shape index (κ1) is 13.3. The van der Waals surface area contributed by atoms with E-state index in [2.05, 4.69) is 5.10 Å². The third kappa shape index (κ3) is 2.37. The Kier molecular flexibility index (Phi) is 3.59. The van der Waals surface area contributed by atoms with Gasteiger partial charge in [-0.1, -0.05) is 25.7 Å². The second-order valence-corrected chi connectivity index (χ2v) is 5.96. The SMILES string of the molecule is O=C(O)c1nn(C2CCCC2)c(=O)cc1C1CCCC1. The third-order valence-corrected chi connectivity index (χ3v) is 4.65. The summed E-state index contributed by atoms with van der Waals surface area (Å²) in [6.07, 6.45) is 8.18. The molecule has 0 saturated heterocycles. The zero-order valence-electron chi connectivity index (χ0n) is 11.5. The largest absolute Gasteiger partial charge is 0.476 e. The fourth-order valence-electron chi connectivity index (χ4n) is 3.61. The lowest BCUT2D eigenvalue weighted by atomic mass is 9.96. The van der Waals surface area contributed by atoms with E-state index in [0.29, 0.717) is 5.56 Å². The Morgan fingerprint density at radius 3 is 2.35 bits per heavy atom. The third-order valence-electron chi connectivity index (χ3n) is 4.65. The van der Waals surface area contributed by atoms with Gasteiger partial charge in [0.15, 0.2) is 5.69 Å². The Labute approximate surface area is 117 Å². The number of carbonyl (C=O) groups is 1. The number of hydrogen-bond acceptors (Lipinski definition) is 3. The molecule has 0 bridgehead atoms. The molecule has 0 unspecified atom stereocenters. The zero-order valence-corrected chi connectivity index (χ0v) is 11.5. The Balaban J connectivity index is 2.04. The Morgan fingerprint density at radius 1 is 1.15 bits per heavy atom. The molecule has 1 aromatic heterocycles. The van der Waals surface area contributed by atoms with Crippen molar-refractivity contribution in [2.24, 2.45) is 0 Å². The van der Waals surface area contributed by atoms with Crippen LogP contribution in [0, 0.1) is 0 Å². The summed E-state index contributed by atoms with van der Waals surface area (Å²) in [4.78, 5) is 23.7. The van der Waals surface area contributed by atoms with E-state index < -0.39 is 5.97 Å². The minimum Gasteiger partial charge on any atom is -0.476 e. The summed E-state index contributed by atoms with van der Waals surface area (Å²) in [6.45, 7) is 0. The molecular formula is C15H20N2O3. The molecule has 0 spiro atoms. The van der Waals surface area contributed by atoms with Crippen LogP contribution in [0.2, 0.25) is 0 Å². The van der Waals surface area contributed by atoms with Crippen LogP contribution in [-0.2, 0) is 0 Å². The quantitative estimate of drug-likeness (QED) is 0.921. The van der Waals surface area contributed by atoms with E-state index in [4.69, 9.17) is 0 Å². The molecule has 2 fully saturated rings. The van der Waals surface area contributed by atoms with Crippen LogP contribution in [0.5, 0.6) is 0 Å². The summed E-state index contributed by atoms with van der Waals surface area (Å²) in [7, 11) is 0. The zero-order chi connectivity index (χ0) is 14.1. The van der Waals surface area contributed by atoms with E-state index >= 15 is 0 Å². The summed E-state index contributed by atoms with van der Waals surface area (Å²) < 4.78 is 1.41. The number of hydrogen-bond donors (Lipinski definition) is 1. The predicted molar refractivity (Wildman–Crippen MR) is 74.2 cm³/mol. The molecule has 1 aromatic rings. The van der Waals surface area contributed by atoms with E-state index in [1.165, 1.54) is 10.7 Å². The van der Waals surface area contributed by atoms with Crippen molar-refractivity contribution >= 4 is 5.97 Å². The average molecular weight is 276 g/mol. The van der Waals surface area contributed by atoms with Gasteiger partial charge in [-0.25, -0.2) is 9.48 Å². The summed E-state index contributed by atoms with van der Waals surface area (Å²) in [5, 5.41) is 13.6. The van der Waals surface area contributed by atoms with Gasteiger partial charge in [0.2, 0.25) is 0 Å². The van der Waals surface area contributed by atoms with Gasteiger partial charge in [0.05, 0.1) is 6.04 Å². The highest BCUT2D eigenvalue weighted by Gasteiger charge is 2.27. The molecular weight excluding hydrogens is 256 g/mol. The van der Waals surface area contributed by atoms with Crippen LogP contribution in [0.3, 0.4) is 0 Å². The second kappa shape index (κ2) is 5.38. The first-order valence-corrected chi connectivity index (χ1v) is 7.54. The second-order valence-electron chi connectivity index (χ2n) is 5.96. The molecule has 5 nitrogen and oxygen atoms in total. The van der Waals surface area contributed by atoms with Gasteiger partial charge in [-0.15, -0.1) is 0 Å². The normalized spacial score (nSPS) is 20.6. The molecule has 2 aliphatic rings. The maximum atomic E-state index is 12.3. The van der Waals surface area contributed by atoms with Crippen LogP contribution in [-0.4, -0.2) is 20.9 Å². The number of rotatable bonds is 3. The first-order valence-electron chi connectivity index (χ1n) is 7.54. The molecule has 2 aliphatic carbocycles. The summed E-state index contributed by atoms with van der Waals surface area (Å²) in [5.74, 6) is -0.821. The van der Waals surface area contributed by atoms with Gasteiger partial charge < -0.3 is 5.11 Å². The van der Waals surface area contributed by atoms with Crippen molar-refractivity contribution in [3.8, 4) is 0 Å².